The lowest BCUT2D eigenvalue weighted by Gasteiger charge is -2.08. The van der Waals surface area contributed by atoms with Gasteiger partial charge in [-0.1, -0.05) is 18.2 Å². The summed E-state index contributed by atoms with van der Waals surface area (Å²) in [4.78, 5) is 25.1. The highest BCUT2D eigenvalue weighted by atomic mass is 79.9. The lowest BCUT2D eigenvalue weighted by atomic mass is 10.0. The minimum absolute atomic E-state index is 0.0280. The highest BCUT2D eigenvalue weighted by Gasteiger charge is 2.33. The fourth-order valence-electron chi connectivity index (χ4n) is 2.71. The molecule has 0 aliphatic heterocycles. The summed E-state index contributed by atoms with van der Waals surface area (Å²) in [6, 6.07) is 11.1. The summed E-state index contributed by atoms with van der Waals surface area (Å²) in [7, 11) is 2.33. The molecular weight excluding hydrogens is 432 g/mol. The number of para-hydroxylation sites is 1. The number of rotatable bonds is 4. The molecule has 144 valence electrons. The monoisotopic (exact) mass is 446 g/mol. The standard InChI is InChI=1S/C19H15BrN2O6/c1-27-18(25)14-16(13-11(23)8-9-12(24)15(13)20)21-22(17(14)19(26)28-2)10-6-4-3-5-7-10/h3-9,23-24H,1-2H3. The number of carbonyl (C=O) groups is 2. The quantitative estimate of drug-likeness (QED) is 0.467. The van der Waals surface area contributed by atoms with E-state index in [1.807, 2.05) is 0 Å². The number of nitrogens with zero attached hydrogens (tertiary/aromatic N) is 2. The van der Waals surface area contributed by atoms with Crippen molar-refractivity contribution in [3.05, 3.63) is 58.2 Å². The van der Waals surface area contributed by atoms with Crippen LogP contribution >= 0.6 is 15.9 Å². The number of ether oxygens (including phenoxy) is 2. The summed E-state index contributed by atoms with van der Waals surface area (Å²) in [6.07, 6.45) is 0. The molecule has 1 aromatic heterocycles. The van der Waals surface area contributed by atoms with E-state index in [0.717, 1.165) is 7.11 Å². The number of phenolic OH excluding ortho intramolecular Hbond substituents is 2. The molecule has 1 heterocycles. The van der Waals surface area contributed by atoms with E-state index < -0.39 is 11.9 Å². The van der Waals surface area contributed by atoms with Gasteiger partial charge in [0.05, 0.1) is 29.9 Å². The maximum Gasteiger partial charge on any atom is 0.357 e. The van der Waals surface area contributed by atoms with Crippen molar-refractivity contribution in [1.82, 2.24) is 9.78 Å². The van der Waals surface area contributed by atoms with E-state index in [9.17, 15) is 19.8 Å². The number of phenols is 2. The Kier molecular flexibility index (Phi) is 5.36. The van der Waals surface area contributed by atoms with Gasteiger partial charge in [0.2, 0.25) is 0 Å². The molecule has 0 spiro atoms. The Morgan fingerprint density at radius 2 is 1.57 bits per heavy atom. The van der Waals surface area contributed by atoms with Gasteiger partial charge in [-0.05, 0) is 40.2 Å². The molecule has 0 saturated carbocycles. The smallest absolute Gasteiger partial charge is 0.357 e. The molecule has 8 nitrogen and oxygen atoms in total. The molecule has 0 aliphatic rings. The Morgan fingerprint density at radius 1 is 0.964 bits per heavy atom. The van der Waals surface area contributed by atoms with E-state index in [2.05, 4.69) is 21.0 Å². The van der Waals surface area contributed by atoms with Crippen molar-refractivity contribution in [3.63, 3.8) is 0 Å². The largest absolute Gasteiger partial charge is 0.507 e. The average Bonchev–Trinajstić information content (AvgIpc) is 3.10. The molecule has 28 heavy (non-hydrogen) atoms. The third-order valence-corrected chi connectivity index (χ3v) is 4.79. The Balaban J connectivity index is 2.45. The predicted molar refractivity (Wildman–Crippen MR) is 103 cm³/mol. The molecular formula is C19H15BrN2O6. The van der Waals surface area contributed by atoms with Gasteiger partial charge in [-0.15, -0.1) is 0 Å². The van der Waals surface area contributed by atoms with Gasteiger partial charge in [-0.3, -0.25) is 0 Å². The first-order valence-electron chi connectivity index (χ1n) is 7.96. The minimum Gasteiger partial charge on any atom is -0.507 e. The normalized spacial score (nSPS) is 10.5. The van der Waals surface area contributed by atoms with Crippen LogP contribution in [0.1, 0.15) is 20.8 Å². The van der Waals surface area contributed by atoms with Crippen molar-refractivity contribution in [3.8, 4) is 28.4 Å². The zero-order valence-corrected chi connectivity index (χ0v) is 16.4. The molecule has 0 amide bonds. The maximum absolute atomic E-state index is 12.6. The summed E-state index contributed by atoms with van der Waals surface area (Å²) in [5, 5.41) is 24.7. The van der Waals surface area contributed by atoms with Gasteiger partial charge in [0.15, 0.2) is 5.69 Å². The molecule has 0 atom stereocenters. The van der Waals surface area contributed by atoms with E-state index >= 15 is 0 Å². The van der Waals surface area contributed by atoms with Crippen molar-refractivity contribution >= 4 is 27.9 Å². The van der Waals surface area contributed by atoms with E-state index in [0.29, 0.717) is 5.69 Å². The lowest BCUT2D eigenvalue weighted by molar-refractivity contribution is 0.0549. The second-order valence-corrected chi connectivity index (χ2v) is 6.39. The van der Waals surface area contributed by atoms with Gasteiger partial charge < -0.3 is 19.7 Å². The van der Waals surface area contributed by atoms with E-state index in [-0.39, 0.29) is 38.5 Å². The minimum atomic E-state index is -0.854. The lowest BCUT2D eigenvalue weighted by Crippen LogP contribution is -2.15. The van der Waals surface area contributed by atoms with Crippen LogP contribution in [0.5, 0.6) is 11.5 Å². The summed E-state index contributed by atoms with van der Waals surface area (Å²) < 4.78 is 11.0. The maximum atomic E-state index is 12.6. The number of carbonyl (C=O) groups excluding carboxylic acids is 2. The molecule has 2 N–H and O–H groups in total. The number of benzene rings is 2. The number of hydrogen-bond acceptors (Lipinski definition) is 7. The second-order valence-electron chi connectivity index (χ2n) is 5.60. The van der Waals surface area contributed by atoms with Gasteiger partial charge in [0, 0.05) is 0 Å². The van der Waals surface area contributed by atoms with E-state index in [1.165, 1.54) is 23.9 Å². The van der Waals surface area contributed by atoms with Gasteiger partial charge in [-0.2, -0.15) is 5.10 Å². The van der Waals surface area contributed by atoms with Crippen LogP contribution in [0.3, 0.4) is 0 Å². The Labute approximate surface area is 168 Å². The molecule has 3 rings (SSSR count). The van der Waals surface area contributed by atoms with Gasteiger partial charge in [0.25, 0.3) is 0 Å². The van der Waals surface area contributed by atoms with Gasteiger partial charge in [0.1, 0.15) is 22.8 Å². The summed E-state index contributed by atoms with van der Waals surface area (Å²) >= 11 is 3.19. The highest BCUT2D eigenvalue weighted by molar-refractivity contribution is 9.10. The summed E-state index contributed by atoms with van der Waals surface area (Å²) in [5.41, 5.74) is 0.0664. The first-order valence-corrected chi connectivity index (χ1v) is 8.75. The third kappa shape index (κ3) is 3.20. The van der Waals surface area contributed by atoms with Crippen molar-refractivity contribution in [2.75, 3.05) is 14.2 Å². The Hall–Kier alpha value is -3.33. The first-order chi connectivity index (χ1) is 13.4. The van der Waals surface area contributed by atoms with E-state index in [1.54, 1.807) is 30.3 Å². The predicted octanol–water partition coefficient (Wildman–Crippen LogP) is 3.29. The molecule has 3 aromatic rings. The van der Waals surface area contributed by atoms with Crippen LogP contribution in [0.2, 0.25) is 0 Å². The van der Waals surface area contributed by atoms with Gasteiger partial charge in [-0.25, -0.2) is 14.3 Å². The number of hydrogen-bond donors (Lipinski definition) is 2. The second kappa shape index (κ2) is 7.73. The SMILES string of the molecule is COC(=O)c1c(-c2c(O)ccc(O)c2Br)nn(-c2ccccc2)c1C(=O)OC. The highest BCUT2D eigenvalue weighted by Crippen LogP contribution is 2.43. The molecule has 0 bridgehead atoms. The van der Waals surface area contributed by atoms with Crippen molar-refractivity contribution in [2.45, 2.75) is 0 Å². The van der Waals surface area contributed by atoms with Crippen molar-refractivity contribution < 1.29 is 29.3 Å². The number of methoxy groups -OCH3 is 2. The molecule has 0 fully saturated rings. The molecule has 0 unspecified atom stereocenters. The Morgan fingerprint density at radius 3 is 2.18 bits per heavy atom. The third-order valence-electron chi connectivity index (χ3n) is 3.99. The number of esters is 2. The summed E-state index contributed by atoms with van der Waals surface area (Å²) in [5.74, 6) is -2.12. The first kappa shape index (κ1) is 19.4. The van der Waals surface area contributed by atoms with Gasteiger partial charge >= 0.3 is 11.9 Å². The molecule has 2 aromatic carbocycles. The summed E-state index contributed by atoms with van der Waals surface area (Å²) in [6.45, 7) is 0. The fraction of sp³-hybridized carbons (Fsp3) is 0.105. The zero-order valence-electron chi connectivity index (χ0n) is 14.8. The topological polar surface area (TPSA) is 111 Å². The van der Waals surface area contributed by atoms with Crippen LogP contribution in [0.4, 0.5) is 0 Å². The molecule has 9 heteroatoms. The van der Waals surface area contributed by atoms with Crippen molar-refractivity contribution in [2.24, 2.45) is 0 Å². The molecule has 0 saturated heterocycles. The van der Waals surface area contributed by atoms with Crippen LogP contribution in [0.15, 0.2) is 46.9 Å². The number of halogens is 1. The van der Waals surface area contributed by atoms with Crippen LogP contribution in [-0.2, 0) is 9.47 Å². The molecule has 0 aliphatic carbocycles. The average molecular weight is 447 g/mol. The number of aromatic nitrogens is 2. The van der Waals surface area contributed by atoms with Crippen LogP contribution < -0.4 is 0 Å². The fourth-order valence-corrected chi connectivity index (χ4v) is 3.23. The number of aromatic hydroxyl groups is 2. The van der Waals surface area contributed by atoms with Crippen LogP contribution in [-0.4, -0.2) is 46.2 Å². The molecule has 0 radical (unpaired) electrons. The van der Waals surface area contributed by atoms with Crippen LogP contribution in [0, 0.1) is 0 Å². The van der Waals surface area contributed by atoms with Crippen LogP contribution in [0.25, 0.3) is 16.9 Å². The zero-order chi connectivity index (χ0) is 20.4. The van der Waals surface area contributed by atoms with Crippen molar-refractivity contribution in [1.29, 1.82) is 0 Å². The van der Waals surface area contributed by atoms with E-state index in [4.69, 9.17) is 9.47 Å². The Bertz CT molecular complexity index is 1060.